The summed E-state index contributed by atoms with van der Waals surface area (Å²) >= 11 is 0. The van der Waals surface area contributed by atoms with Crippen molar-refractivity contribution in [3.05, 3.63) is 64.7 Å². The number of carbonyl (C=O) groups is 2. The van der Waals surface area contributed by atoms with Crippen LogP contribution in [0.5, 0.6) is 0 Å². The topological polar surface area (TPSA) is 99.9 Å². The van der Waals surface area contributed by atoms with Crippen LogP contribution in [0.15, 0.2) is 42.5 Å². The number of benzene rings is 2. The van der Waals surface area contributed by atoms with Crippen LogP contribution >= 0.6 is 0 Å². The number of hydrogen-bond acceptors (Lipinski definition) is 6. The van der Waals surface area contributed by atoms with Gasteiger partial charge >= 0.3 is 18.3 Å². The van der Waals surface area contributed by atoms with E-state index in [0.717, 1.165) is 56.8 Å². The molecular weight excluding hydrogens is 546 g/mol. The molecule has 1 fully saturated rings. The van der Waals surface area contributed by atoms with E-state index in [1.165, 1.54) is 13.2 Å². The number of anilines is 1. The van der Waals surface area contributed by atoms with Gasteiger partial charge in [0.05, 0.1) is 18.2 Å². The molecule has 0 saturated heterocycles. The van der Waals surface area contributed by atoms with Crippen LogP contribution in [0, 0.1) is 5.41 Å². The molecule has 0 aliphatic heterocycles. The first-order valence-corrected chi connectivity index (χ1v) is 12.1. The lowest BCUT2D eigenvalue weighted by molar-refractivity contribution is -0.258. The zero-order valence-corrected chi connectivity index (χ0v) is 21.8. The number of nitrogens with zero attached hydrogens (tertiary/aromatic N) is 1. The van der Waals surface area contributed by atoms with Gasteiger partial charge in [0.2, 0.25) is 5.60 Å². The van der Waals surface area contributed by atoms with Crippen LogP contribution in [0.3, 0.4) is 0 Å². The normalized spacial score (nSPS) is 17.2. The monoisotopic (exact) mass is 574 g/mol. The minimum atomic E-state index is -5.55. The van der Waals surface area contributed by atoms with Gasteiger partial charge in [-0.25, -0.2) is 4.79 Å². The highest BCUT2D eigenvalue weighted by Gasteiger charge is 2.64. The van der Waals surface area contributed by atoms with Gasteiger partial charge in [-0.2, -0.15) is 26.3 Å². The Hall–Kier alpha value is -3.45. The highest BCUT2D eigenvalue weighted by molar-refractivity contribution is 6.01. The third-order valence-corrected chi connectivity index (χ3v) is 7.38. The average molecular weight is 575 g/mol. The molecule has 1 saturated carbocycles. The Morgan fingerprint density at radius 1 is 1.10 bits per heavy atom. The molecule has 7 nitrogen and oxygen atoms in total. The summed E-state index contributed by atoms with van der Waals surface area (Å²) in [6.45, 7) is 0. The number of nitrogens with one attached hydrogen (secondary N) is 1. The van der Waals surface area contributed by atoms with Crippen molar-refractivity contribution >= 4 is 23.8 Å². The second-order valence-corrected chi connectivity index (χ2v) is 9.66. The van der Waals surface area contributed by atoms with E-state index in [9.17, 15) is 41.0 Å². The first-order chi connectivity index (χ1) is 18.6. The molecule has 1 aliphatic carbocycles. The smallest absolute Gasteiger partial charge is 0.426 e. The summed E-state index contributed by atoms with van der Waals surface area (Å²) in [5.74, 6) is -2.65. The van der Waals surface area contributed by atoms with E-state index in [1.54, 1.807) is 0 Å². The molecule has 40 heavy (non-hydrogen) atoms. The molecule has 2 unspecified atom stereocenters. The van der Waals surface area contributed by atoms with E-state index in [0.29, 0.717) is 11.3 Å². The van der Waals surface area contributed by atoms with Crippen LogP contribution in [0.25, 0.3) is 0 Å². The van der Waals surface area contributed by atoms with Crippen LogP contribution < -0.4 is 4.90 Å². The Labute approximate surface area is 226 Å². The number of likely N-dealkylation sites (N-methyl/N-ethyl adjacent to an activating group) is 1. The van der Waals surface area contributed by atoms with Gasteiger partial charge in [-0.15, -0.1) is 0 Å². The zero-order valence-electron chi connectivity index (χ0n) is 21.8. The zero-order chi connectivity index (χ0) is 30.1. The second kappa shape index (κ2) is 11.2. The van der Waals surface area contributed by atoms with E-state index in [4.69, 9.17) is 14.9 Å². The Morgan fingerprint density at radius 3 is 2.20 bits per heavy atom. The molecule has 2 atom stereocenters. The lowest BCUT2D eigenvalue weighted by atomic mass is 9.58. The number of alkyl halides is 6. The van der Waals surface area contributed by atoms with Crippen LogP contribution in [-0.4, -0.2) is 56.2 Å². The summed E-state index contributed by atoms with van der Waals surface area (Å²) < 4.78 is 94.6. The van der Waals surface area contributed by atoms with Gasteiger partial charge in [-0.1, -0.05) is 24.6 Å². The van der Waals surface area contributed by atoms with Crippen molar-refractivity contribution in [1.82, 2.24) is 0 Å². The van der Waals surface area contributed by atoms with Crippen LogP contribution in [0.2, 0.25) is 0 Å². The Balaban J connectivity index is 2.09. The van der Waals surface area contributed by atoms with Crippen molar-refractivity contribution in [2.75, 3.05) is 26.2 Å². The van der Waals surface area contributed by atoms with Crippen molar-refractivity contribution in [1.29, 1.82) is 5.41 Å². The van der Waals surface area contributed by atoms with Crippen LogP contribution in [0.1, 0.15) is 58.8 Å². The van der Waals surface area contributed by atoms with E-state index < -0.39 is 58.9 Å². The number of ether oxygens (including phenoxy) is 2. The maximum Gasteiger partial charge on any atom is 0.426 e. The lowest BCUT2D eigenvalue weighted by Gasteiger charge is -2.48. The minimum absolute atomic E-state index is 0.00613. The van der Waals surface area contributed by atoms with Gasteiger partial charge in [-0.3, -0.25) is 4.79 Å². The van der Waals surface area contributed by atoms with Crippen molar-refractivity contribution in [3.8, 4) is 0 Å². The second-order valence-electron chi connectivity index (χ2n) is 9.66. The molecule has 2 N–H and O–H groups in total. The molecule has 3 rings (SSSR count). The number of hydrogen-bond donors (Lipinski definition) is 2. The van der Waals surface area contributed by atoms with Crippen LogP contribution in [0.4, 0.5) is 32.0 Å². The number of rotatable bonds is 9. The predicted octanol–water partition coefficient (Wildman–Crippen LogP) is 5.60. The summed E-state index contributed by atoms with van der Waals surface area (Å²) in [5.41, 5.74) is -7.61. The fraction of sp³-hybridized carbons (Fsp3) is 0.444. The highest BCUT2D eigenvalue weighted by atomic mass is 19.4. The number of amides is 1. The maximum atomic E-state index is 14.5. The van der Waals surface area contributed by atoms with Gasteiger partial charge in [0.15, 0.2) is 0 Å². The molecule has 2 aromatic carbocycles. The molecule has 218 valence electrons. The lowest BCUT2D eigenvalue weighted by Crippen LogP contribution is -2.61. The fourth-order valence-electron chi connectivity index (χ4n) is 5.09. The molecule has 0 aromatic heterocycles. The van der Waals surface area contributed by atoms with Gasteiger partial charge in [0.1, 0.15) is 6.10 Å². The van der Waals surface area contributed by atoms with Crippen molar-refractivity contribution in [3.63, 3.8) is 0 Å². The Kier molecular flexibility index (Phi) is 8.70. The van der Waals surface area contributed by atoms with E-state index in [2.05, 4.69) is 0 Å². The molecule has 0 heterocycles. The summed E-state index contributed by atoms with van der Waals surface area (Å²) in [4.78, 5) is 26.1. The molecular formula is C27H28F6N2O5. The van der Waals surface area contributed by atoms with E-state index >= 15 is 0 Å². The predicted molar refractivity (Wildman–Crippen MR) is 132 cm³/mol. The molecule has 0 radical (unpaired) electrons. The van der Waals surface area contributed by atoms with E-state index in [1.807, 2.05) is 0 Å². The standard InChI is InChI=1S/C27H28F6N2O5/c1-35(16-9-10-17(22(36)40-3)18(13-16)21(14-34)39-2)23(37)25(38,27(31,32)33)15-24(11-6-12-24)19-7-4-5-8-20(19)26(28,29)30/h4-5,7-10,13-14,21,34,38H,6,11-12,15H2,1-3H3. The van der Waals surface area contributed by atoms with Gasteiger partial charge in [-0.05, 0) is 48.1 Å². The summed E-state index contributed by atoms with van der Waals surface area (Å²) in [7, 11) is 3.27. The van der Waals surface area contributed by atoms with E-state index in [-0.39, 0.29) is 29.7 Å². The third kappa shape index (κ3) is 5.57. The van der Waals surface area contributed by atoms with Gasteiger partial charge in [0.25, 0.3) is 5.91 Å². The maximum absolute atomic E-state index is 14.5. The first kappa shape index (κ1) is 31.1. The van der Waals surface area contributed by atoms with Gasteiger partial charge in [0, 0.05) is 38.0 Å². The first-order valence-electron chi connectivity index (χ1n) is 12.1. The summed E-state index contributed by atoms with van der Waals surface area (Å²) in [5, 5.41) is 18.6. The number of esters is 1. The molecule has 0 spiro atoms. The molecule has 1 amide bonds. The SMILES string of the molecule is COC(=O)c1ccc(N(C)C(=O)C(O)(CC2(c3ccccc3C(F)(F)F)CCC2)C(F)(F)F)cc1C(C=N)OC. The van der Waals surface area contributed by atoms with Crippen molar-refractivity contribution < 1.29 is 50.5 Å². The number of halogens is 6. The third-order valence-electron chi connectivity index (χ3n) is 7.38. The van der Waals surface area contributed by atoms with Crippen molar-refractivity contribution in [2.24, 2.45) is 0 Å². The number of methoxy groups -OCH3 is 2. The average Bonchev–Trinajstić information content (AvgIpc) is 2.88. The molecule has 2 aromatic rings. The quantitative estimate of drug-likeness (QED) is 0.231. The molecule has 1 aliphatic rings. The highest BCUT2D eigenvalue weighted by Crippen LogP contribution is 2.54. The molecule has 0 bridgehead atoms. The number of aliphatic hydroxyl groups is 1. The van der Waals surface area contributed by atoms with Gasteiger partial charge < -0.3 is 24.9 Å². The fourth-order valence-corrected chi connectivity index (χ4v) is 5.09. The molecule has 13 heteroatoms. The minimum Gasteiger partial charge on any atom is -0.465 e. The number of carbonyl (C=O) groups excluding carboxylic acids is 2. The largest absolute Gasteiger partial charge is 0.465 e. The summed E-state index contributed by atoms with van der Waals surface area (Å²) in [6.07, 6.45) is -11.9. The Bertz CT molecular complexity index is 1270. The Morgan fingerprint density at radius 2 is 1.73 bits per heavy atom. The van der Waals surface area contributed by atoms with Crippen LogP contribution in [-0.2, 0) is 25.9 Å². The summed E-state index contributed by atoms with van der Waals surface area (Å²) in [6, 6.07) is 7.66. The van der Waals surface area contributed by atoms with Crippen molar-refractivity contribution in [2.45, 2.75) is 55.2 Å².